The molecule has 0 aliphatic carbocycles. The third-order valence-electron chi connectivity index (χ3n) is 6.14. The molecule has 0 spiro atoms. The molecule has 1 aromatic carbocycles. The number of benzene rings is 1. The van der Waals surface area contributed by atoms with Crippen LogP contribution < -0.4 is 10.1 Å². The maximum absolute atomic E-state index is 13.3. The fourth-order valence-electron chi connectivity index (χ4n) is 4.42. The highest BCUT2D eigenvalue weighted by molar-refractivity contribution is 7.98. The summed E-state index contributed by atoms with van der Waals surface area (Å²) in [5, 5.41) is 11.9. The Morgan fingerprint density at radius 2 is 2.19 bits per heavy atom. The Labute approximate surface area is 210 Å². The average molecular weight is 514 g/mol. The van der Waals surface area contributed by atoms with Crippen LogP contribution in [-0.4, -0.2) is 68.2 Å². The predicted octanol–water partition coefficient (Wildman–Crippen LogP) is 4.44. The van der Waals surface area contributed by atoms with Gasteiger partial charge in [0.1, 0.15) is 17.0 Å². The van der Waals surface area contributed by atoms with Gasteiger partial charge in [0.2, 0.25) is 0 Å². The average Bonchev–Trinajstić information content (AvgIpc) is 3.48. The third kappa shape index (κ3) is 4.91. The number of nitrogens with one attached hydrogen (secondary N) is 1. The Hall–Kier alpha value is -3.51. The molecule has 36 heavy (non-hydrogen) atoms. The maximum atomic E-state index is 13.3. The number of likely N-dealkylation sites (tertiary alicyclic amines) is 1. The molecule has 0 bridgehead atoms. The molecule has 4 aromatic rings. The number of anilines is 1. The number of rotatable bonds is 7. The lowest BCUT2D eigenvalue weighted by molar-refractivity contribution is -0.0494. The van der Waals surface area contributed by atoms with E-state index < -0.39 is 12.5 Å². The Morgan fingerprint density at radius 1 is 1.33 bits per heavy atom. The number of alkyl halides is 2. The van der Waals surface area contributed by atoms with Gasteiger partial charge in [0.05, 0.1) is 17.9 Å². The quantitative estimate of drug-likeness (QED) is 0.366. The molecule has 1 unspecified atom stereocenters. The number of piperidine rings is 1. The molecule has 0 saturated carbocycles. The van der Waals surface area contributed by atoms with Crippen LogP contribution in [0.25, 0.3) is 16.9 Å². The SMILES string of the molecule is CSc1ccc(OC(F)F)c(-c2nn(C3CCCN(C)C3)cc2NC(=O)c2cnn3cccnc23)c1. The summed E-state index contributed by atoms with van der Waals surface area (Å²) in [6.07, 6.45) is 10.3. The topological polar surface area (TPSA) is 89.6 Å². The summed E-state index contributed by atoms with van der Waals surface area (Å²) < 4.78 is 34.6. The summed E-state index contributed by atoms with van der Waals surface area (Å²) in [7, 11) is 2.05. The second kappa shape index (κ2) is 10.2. The number of hydrogen-bond acceptors (Lipinski definition) is 7. The smallest absolute Gasteiger partial charge is 0.387 e. The first-order valence-electron chi connectivity index (χ1n) is 11.4. The standard InChI is InChI=1S/C24H25F2N7O2S/c1-31-9-3-5-15(13-31)33-14-19(29-23(34)18-12-28-32-10-4-8-27-22(18)32)21(30-33)17-11-16(36-2)6-7-20(17)35-24(25)26/h4,6-8,10-12,14-15,24H,3,5,9,13H2,1-2H3,(H,29,34). The van der Waals surface area contributed by atoms with Crippen molar-refractivity contribution in [2.24, 2.45) is 0 Å². The molecule has 3 aromatic heterocycles. The van der Waals surface area contributed by atoms with E-state index in [9.17, 15) is 13.6 Å². The van der Waals surface area contributed by atoms with Crippen molar-refractivity contribution in [3.8, 4) is 17.0 Å². The molecule has 4 heterocycles. The molecule has 12 heteroatoms. The number of thioether (sulfide) groups is 1. The van der Waals surface area contributed by atoms with Gasteiger partial charge in [-0.15, -0.1) is 11.8 Å². The van der Waals surface area contributed by atoms with Crippen LogP contribution in [0, 0.1) is 0 Å². The van der Waals surface area contributed by atoms with Crippen molar-refractivity contribution in [3.63, 3.8) is 0 Å². The normalized spacial score (nSPS) is 16.5. The van der Waals surface area contributed by atoms with Gasteiger partial charge in [-0.2, -0.15) is 19.0 Å². The van der Waals surface area contributed by atoms with Crippen molar-refractivity contribution in [1.82, 2.24) is 29.3 Å². The predicted molar refractivity (Wildman–Crippen MR) is 133 cm³/mol. The van der Waals surface area contributed by atoms with E-state index in [2.05, 4.69) is 20.3 Å². The van der Waals surface area contributed by atoms with Crippen LogP contribution in [0.2, 0.25) is 0 Å². The Morgan fingerprint density at radius 3 is 2.97 bits per heavy atom. The van der Waals surface area contributed by atoms with E-state index in [-0.39, 0.29) is 17.4 Å². The number of carbonyl (C=O) groups excluding carboxylic acids is 1. The molecule has 0 radical (unpaired) electrons. The highest BCUT2D eigenvalue weighted by Crippen LogP contribution is 2.38. The van der Waals surface area contributed by atoms with E-state index >= 15 is 0 Å². The molecule has 1 amide bonds. The van der Waals surface area contributed by atoms with Crippen molar-refractivity contribution in [2.45, 2.75) is 30.4 Å². The molecule has 1 aliphatic heterocycles. The van der Waals surface area contributed by atoms with Gasteiger partial charge in [-0.3, -0.25) is 9.48 Å². The molecule has 1 saturated heterocycles. The lowest BCUT2D eigenvalue weighted by Crippen LogP contribution is -2.33. The minimum atomic E-state index is -3.00. The highest BCUT2D eigenvalue weighted by atomic mass is 32.2. The van der Waals surface area contributed by atoms with Gasteiger partial charge in [-0.1, -0.05) is 0 Å². The number of fused-ring (bicyclic) bond motifs is 1. The van der Waals surface area contributed by atoms with E-state index in [1.165, 1.54) is 28.5 Å². The largest absolute Gasteiger partial charge is 0.434 e. The molecule has 188 valence electrons. The maximum Gasteiger partial charge on any atom is 0.387 e. The number of ether oxygens (including phenoxy) is 1. The van der Waals surface area contributed by atoms with E-state index in [4.69, 9.17) is 9.84 Å². The summed E-state index contributed by atoms with van der Waals surface area (Å²) in [6.45, 7) is -1.21. The van der Waals surface area contributed by atoms with E-state index in [1.54, 1.807) is 36.8 Å². The van der Waals surface area contributed by atoms with Gasteiger partial charge < -0.3 is 15.0 Å². The zero-order valence-electron chi connectivity index (χ0n) is 19.8. The summed E-state index contributed by atoms with van der Waals surface area (Å²) in [5.74, 6) is -0.440. The molecule has 1 atom stereocenters. The number of halogens is 2. The lowest BCUT2D eigenvalue weighted by Gasteiger charge is -2.29. The molecule has 5 rings (SSSR count). The lowest BCUT2D eigenvalue weighted by atomic mass is 10.1. The molecular weight excluding hydrogens is 488 g/mol. The molecule has 1 aliphatic rings. The van der Waals surface area contributed by atoms with Crippen molar-refractivity contribution in [3.05, 3.63) is 54.6 Å². The molecular formula is C24H25F2N7O2S. The fraction of sp³-hybridized carbons (Fsp3) is 0.333. The Balaban J connectivity index is 1.58. The number of nitrogens with zero attached hydrogens (tertiary/aromatic N) is 6. The Bertz CT molecular complexity index is 1390. The second-order valence-corrected chi connectivity index (χ2v) is 9.45. The first kappa shape index (κ1) is 24.2. The first-order valence-corrected chi connectivity index (χ1v) is 12.7. The van der Waals surface area contributed by atoms with Crippen LogP contribution in [0.5, 0.6) is 5.75 Å². The number of hydrogen-bond donors (Lipinski definition) is 1. The summed E-state index contributed by atoms with van der Waals surface area (Å²) in [6, 6.07) is 6.75. The molecule has 1 N–H and O–H groups in total. The molecule has 9 nitrogen and oxygen atoms in total. The van der Waals surface area contributed by atoms with Crippen LogP contribution in [0.15, 0.2) is 53.9 Å². The summed E-state index contributed by atoms with van der Waals surface area (Å²) in [4.78, 5) is 20.6. The number of amides is 1. The van der Waals surface area contributed by atoms with Crippen molar-refractivity contribution >= 4 is 29.0 Å². The van der Waals surface area contributed by atoms with Crippen LogP contribution in [0.3, 0.4) is 0 Å². The van der Waals surface area contributed by atoms with Crippen LogP contribution in [-0.2, 0) is 0 Å². The fourth-order valence-corrected chi connectivity index (χ4v) is 4.86. The van der Waals surface area contributed by atoms with Gasteiger partial charge in [-0.25, -0.2) is 9.50 Å². The minimum absolute atomic E-state index is 0.0121. The van der Waals surface area contributed by atoms with E-state index in [0.29, 0.717) is 22.6 Å². The van der Waals surface area contributed by atoms with Crippen molar-refractivity contribution < 1.29 is 18.3 Å². The number of likely N-dealkylation sites (N-methyl/N-ethyl adjacent to an activating group) is 1. The number of aromatic nitrogens is 5. The van der Waals surface area contributed by atoms with Gasteiger partial charge in [0.25, 0.3) is 5.91 Å². The van der Waals surface area contributed by atoms with Crippen LogP contribution in [0.4, 0.5) is 14.5 Å². The van der Waals surface area contributed by atoms with Crippen LogP contribution >= 0.6 is 11.8 Å². The van der Waals surface area contributed by atoms with Gasteiger partial charge in [0.15, 0.2) is 5.65 Å². The first-order chi connectivity index (χ1) is 17.4. The highest BCUT2D eigenvalue weighted by Gasteiger charge is 2.26. The van der Waals surface area contributed by atoms with E-state index in [1.807, 2.05) is 18.0 Å². The van der Waals surface area contributed by atoms with E-state index in [0.717, 1.165) is 30.8 Å². The summed E-state index contributed by atoms with van der Waals surface area (Å²) in [5.41, 5.74) is 1.81. The summed E-state index contributed by atoms with van der Waals surface area (Å²) >= 11 is 1.47. The van der Waals surface area contributed by atoms with Gasteiger partial charge in [-0.05, 0) is 57.0 Å². The van der Waals surface area contributed by atoms with Crippen LogP contribution in [0.1, 0.15) is 29.2 Å². The van der Waals surface area contributed by atoms with Gasteiger partial charge >= 0.3 is 6.61 Å². The number of carbonyl (C=O) groups is 1. The van der Waals surface area contributed by atoms with Gasteiger partial charge in [0, 0.05) is 35.6 Å². The second-order valence-electron chi connectivity index (χ2n) is 8.57. The zero-order valence-corrected chi connectivity index (χ0v) is 20.6. The van der Waals surface area contributed by atoms with Crippen molar-refractivity contribution in [1.29, 1.82) is 0 Å². The monoisotopic (exact) mass is 513 g/mol. The third-order valence-corrected chi connectivity index (χ3v) is 6.86. The molecule has 1 fully saturated rings. The Kier molecular flexibility index (Phi) is 6.88. The zero-order chi connectivity index (χ0) is 25.2. The van der Waals surface area contributed by atoms with Crippen molar-refractivity contribution in [2.75, 3.05) is 31.7 Å². The minimum Gasteiger partial charge on any atom is -0.434 e.